The number of allylic oxidation sites excluding steroid dienone is 1. The molecule has 0 radical (unpaired) electrons. The molecule has 4 aromatic carbocycles. The van der Waals surface area contributed by atoms with Crippen molar-refractivity contribution in [1.82, 2.24) is 30.2 Å². The number of carbonyl (C=O) groups is 6. The molecule has 3 N–H and O–H groups in total. The van der Waals surface area contributed by atoms with Gasteiger partial charge in [0, 0.05) is 118 Å². The normalized spacial score (nSPS) is 19.5. The minimum Gasteiger partial charge on any atom is -0.493 e. The lowest BCUT2D eigenvalue weighted by Gasteiger charge is -2.34. The Bertz CT molecular complexity index is 3440. The number of likely N-dealkylation sites (tertiary alicyclic amines) is 1. The average molecular weight is 1200 g/mol. The number of methoxy groups -OCH3 is 2. The molecule has 0 aromatic heterocycles. The van der Waals surface area contributed by atoms with Gasteiger partial charge in [0.1, 0.15) is 12.1 Å². The van der Waals surface area contributed by atoms with Gasteiger partial charge < -0.3 is 54.5 Å². The summed E-state index contributed by atoms with van der Waals surface area (Å²) in [5.74, 6) is 0.214. The third kappa shape index (κ3) is 14.0. The van der Waals surface area contributed by atoms with Crippen LogP contribution in [-0.4, -0.2) is 159 Å². The Hall–Kier alpha value is -8.78. The highest BCUT2D eigenvalue weighted by atomic mass is 16.5. The fraction of sp³-hybridized carbons (Fsp3) is 0.441. The molecule has 2 saturated heterocycles. The summed E-state index contributed by atoms with van der Waals surface area (Å²) < 4.78 is 23.9. The van der Waals surface area contributed by atoms with Gasteiger partial charge in [-0.3, -0.25) is 43.7 Å². The van der Waals surface area contributed by atoms with Crippen molar-refractivity contribution >= 4 is 81.8 Å². The molecule has 20 heteroatoms. The summed E-state index contributed by atoms with van der Waals surface area (Å²) in [5.41, 5.74) is 8.17. The number of hydrogen-bond donors (Lipinski definition) is 3. The second-order valence-electron chi connectivity index (χ2n) is 24.3. The molecule has 4 aromatic rings. The van der Waals surface area contributed by atoms with E-state index in [2.05, 4.69) is 63.6 Å². The van der Waals surface area contributed by atoms with Crippen LogP contribution < -0.4 is 39.8 Å². The quantitative estimate of drug-likeness (QED) is 0.0417. The summed E-state index contributed by atoms with van der Waals surface area (Å²) in [6.45, 7) is 18.6. The maximum absolute atomic E-state index is 14.2. The summed E-state index contributed by atoms with van der Waals surface area (Å²) >= 11 is 0. The molecule has 5 atom stereocenters. The summed E-state index contributed by atoms with van der Waals surface area (Å²) in [6, 6.07) is 20.8. The van der Waals surface area contributed by atoms with Crippen molar-refractivity contribution in [2.45, 2.75) is 110 Å². The van der Waals surface area contributed by atoms with Crippen LogP contribution in [0.2, 0.25) is 0 Å². The largest absolute Gasteiger partial charge is 0.493 e. The van der Waals surface area contributed by atoms with Gasteiger partial charge in [-0.05, 0) is 104 Å². The standard InChI is InChI=1S/C68H82N10O10/c1-41(2)53-34-62(79)76(66(53)82)23-12-10-11-14-43(5)71-63(42(3)4)65(81)72-44(6)64(80)73-49-19-15-45(16-20-49)47-30-51-37-69-56-35-60(58(85-8)32-54(56)67(83)77(51)39-47)87-28-13-29-88-61-36-57-55(33-59(61)86-9)68(84)78-40-48(31-52(78)38-70-57)46-17-21-50(22-18-46)75-26-24-74(7)25-27-75/h15-22,32-33,35-42,44,51-53,63,71H,5,10-14,23-31,34H2,1-4,6-9H3,(H,72,81)(H,73,80)/t44-,51-,52-,53?,63-/m0/s1. The number of hydrogen-bond acceptors (Lipinski definition) is 15. The number of piperazine rings is 1. The highest BCUT2D eigenvalue weighted by Crippen LogP contribution is 2.42. The number of benzene rings is 4. The monoisotopic (exact) mass is 1200 g/mol. The predicted molar refractivity (Wildman–Crippen MR) is 341 cm³/mol. The zero-order valence-corrected chi connectivity index (χ0v) is 51.8. The van der Waals surface area contributed by atoms with Gasteiger partial charge in [0.05, 0.1) is 62.0 Å². The minimum atomic E-state index is -0.843. The second kappa shape index (κ2) is 27.5. The molecule has 6 aliphatic rings. The smallest absolute Gasteiger partial charge is 0.260 e. The molecule has 6 amide bonds. The van der Waals surface area contributed by atoms with E-state index in [1.807, 2.05) is 58.4 Å². The first-order valence-electron chi connectivity index (χ1n) is 30.8. The van der Waals surface area contributed by atoms with Crippen LogP contribution in [0.4, 0.5) is 22.7 Å². The number of unbranched alkanes of at least 4 members (excludes halogenated alkanes) is 2. The minimum absolute atomic E-state index is 0.0705. The van der Waals surface area contributed by atoms with Gasteiger partial charge in [0.15, 0.2) is 23.0 Å². The molecule has 464 valence electrons. The first-order chi connectivity index (χ1) is 42.4. The van der Waals surface area contributed by atoms with E-state index in [1.165, 1.54) is 17.7 Å². The zero-order chi connectivity index (χ0) is 62.3. The molecule has 0 bridgehead atoms. The Morgan fingerprint density at radius 3 is 1.70 bits per heavy atom. The number of likely N-dealkylation sites (N-methyl/N-ethyl adjacent to an activating group) is 1. The van der Waals surface area contributed by atoms with Crippen LogP contribution in [-0.2, 0) is 19.2 Å². The van der Waals surface area contributed by atoms with Gasteiger partial charge in [-0.15, -0.1) is 0 Å². The van der Waals surface area contributed by atoms with E-state index < -0.39 is 12.1 Å². The summed E-state index contributed by atoms with van der Waals surface area (Å²) in [6.07, 6.45) is 12.2. The third-order valence-electron chi connectivity index (χ3n) is 17.4. The van der Waals surface area contributed by atoms with Crippen molar-refractivity contribution in [3.63, 3.8) is 0 Å². The Morgan fingerprint density at radius 2 is 1.19 bits per heavy atom. The van der Waals surface area contributed by atoms with E-state index in [1.54, 1.807) is 66.4 Å². The molecule has 0 aliphatic carbocycles. The van der Waals surface area contributed by atoms with Crippen LogP contribution in [0.5, 0.6) is 23.0 Å². The lowest BCUT2D eigenvalue weighted by Crippen LogP contribution is -2.52. The number of carbonyl (C=O) groups excluding carboxylic acids is 6. The summed E-state index contributed by atoms with van der Waals surface area (Å²) in [4.78, 5) is 99.3. The Balaban J connectivity index is 0.674. The Labute approximate surface area is 515 Å². The Morgan fingerprint density at radius 1 is 0.648 bits per heavy atom. The summed E-state index contributed by atoms with van der Waals surface area (Å²) in [7, 11) is 5.22. The maximum Gasteiger partial charge on any atom is 0.260 e. The summed E-state index contributed by atoms with van der Waals surface area (Å²) in [5, 5.41) is 9.01. The molecule has 1 unspecified atom stereocenters. The van der Waals surface area contributed by atoms with Gasteiger partial charge in [-0.2, -0.15) is 0 Å². The van der Waals surface area contributed by atoms with E-state index in [0.717, 1.165) is 61.3 Å². The van der Waals surface area contributed by atoms with Crippen molar-refractivity contribution in [3.8, 4) is 23.0 Å². The number of rotatable bonds is 25. The second-order valence-corrected chi connectivity index (χ2v) is 24.3. The van der Waals surface area contributed by atoms with Crippen LogP contribution in [0.15, 0.2) is 107 Å². The van der Waals surface area contributed by atoms with Crippen LogP contribution >= 0.6 is 0 Å². The zero-order valence-electron chi connectivity index (χ0n) is 51.8. The first-order valence-corrected chi connectivity index (χ1v) is 30.8. The molecule has 6 aliphatic heterocycles. The number of imide groups is 1. The van der Waals surface area contributed by atoms with E-state index in [4.69, 9.17) is 28.9 Å². The van der Waals surface area contributed by atoms with Gasteiger partial charge >= 0.3 is 0 Å². The van der Waals surface area contributed by atoms with Crippen LogP contribution in [0.1, 0.15) is 118 Å². The van der Waals surface area contributed by atoms with Crippen LogP contribution in [0.3, 0.4) is 0 Å². The number of ether oxygens (including phenoxy) is 4. The van der Waals surface area contributed by atoms with E-state index in [-0.39, 0.29) is 84.9 Å². The van der Waals surface area contributed by atoms with E-state index in [0.29, 0.717) is 95.5 Å². The molecule has 88 heavy (non-hydrogen) atoms. The van der Waals surface area contributed by atoms with Crippen molar-refractivity contribution in [2.75, 3.05) is 77.4 Å². The lowest BCUT2D eigenvalue weighted by molar-refractivity contribution is -0.139. The topological polar surface area (TPSA) is 216 Å². The molecule has 10 rings (SSSR count). The predicted octanol–water partition coefficient (Wildman–Crippen LogP) is 9.41. The molecule has 20 nitrogen and oxygen atoms in total. The van der Waals surface area contributed by atoms with Gasteiger partial charge in [-0.25, -0.2) is 0 Å². The third-order valence-corrected chi connectivity index (χ3v) is 17.4. The van der Waals surface area contributed by atoms with E-state index >= 15 is 0 Å². The van der Waals surface area contributed by atoms with Crippen molar-refractivity contribution in [3.05, 3.63) is 120 Å². The van der Waals surface area contributed by atoms with Crippen molar-refractivity contribution < 1.29 is 47.7 Å². The van der Waals surface area contributed by atoms with Gasteiger partial charge in [0.25, 0.3) is 11.8 Å². The Kier molecular flexibility index (Phi) is 19.5. The van der Waals surface area contributed by atoms with Gasteiger partial charge in [-0.1, -0.05) is 65.0 Å². The SMILES string of the molecule is C=C(CCCCCN1C(=O)CC(C(C)C)C1=O)N[C@H](C(=O)N[C@@H](C)C(=O)Nc1ccc(C2=CN3C(=O)c4cc(OC)c(OCCCOc5cc6c(cc5OC)C(=O)N5C=C(c7ccc(N8CCN(C)CC8)cc7)C[C@H]5C=N6)cc4N=C[C@@H]3C2)cc1)C(C)C. The maximum atomic E-state index is 14.2. The van der Waals surface area contributed by atoms with Crippen LogP contribution in [0.25, 0.3) is 11.1 Å². The number of aliphatic imine (C=N–C) groups is 2. The highest BCUT2D eigenvalue weighted by molar-refractivity contribution is 6.07. The van der Waals surface area contributed by atoms with Gasteiger partial charge in [0.2, 0.25) is 23.6 Å². The average Bonchev–Trinajstić information content (AvgIpc) is 3.75. The molecular formula is C68H82N10O10. The van der Waals surface area contributed by atoms with Crippen LogP contribution in [0, 0.1) is 17.8 Å². The number of nitrogens with zero attached hydrogens (tertiary/aromatic N) is 7. The molecule has 2 fully saturated rings. The molecule has 0 spiro atoms. The number of nitrogens with one attached hydrogen (secondary N) is 3. The van der Waals surface area contributed by atoms with E-state index in [9.17, 15) is 28.8 Å². The number of fused-ring (bicyclic) bond motifs is 4. The lowest BCUT2D eigenvalue weighted by atomic mass is 9.94. The molecule has 6 heterocycles. The first kappa shape index (κ1) is 62.3. The molecular weight excluding hydrogens is 1120 g/mol. The molecule has 0 saturated carbocycles. The number of anilines is 2. The van der Waals surface area contributed by atoms with Crippen molar-refractivity contribution in [2.24, 2.45) is 27.7 Å². The van der Waals surface area contributed by atoms with Crippen molar-refractivity contribution in [1.29, 1.82) is 0 Å². The fourth-order valence-corrected chi connectivity index (χ4v) is 12.0. The highest BCUT2D eigenvalue weighted by Gasteiger charge is 2.40. The fourth-order valence-electron chi connectivity index (χ4n) is 12.0. The number of amides is 6.